The Kier molecular flexibility index (Phi) is 6.36. The number of ether oxygens (including phenoxy) is 1. The van der Waals surface area contributed by atoms with Crippen LogP contribution in [0.15, 0.2) is 133 Å². The highest BCUT2D eigenvalue weighted by atomic mass is 16.6. The molecule has 0 radical (unpaired) electrons. The van der Waals surface area contributed by atoms with Gasteiger partial charge in [-0.1, -0.05) is 103 Å². The summed E-state index contributed by atoms with van der Waals surface area (Å²) < 4.78 is 6.40. The molecule has 36 heavy (non-hydrogen) atoms. The lowest BCUT2D eigenvalue weighted by Gasteiger charge is -2.15. The lowest BCUT2D eigenvalue weighted by molar-refractivity contribution is -0.384. The third kappa shape index (κ3) is 4.76. The molecule has 0 atom stereocenters. The first kappa shape index (κ1) is 22.7. The maximum atomic E-state index is 13.9. The average molecular weight is 472 g/mol. The molecule has 0 saturated carbocycles. The lowest BCUT2D eigenvalue weighted by Crippen LogP contribution is -2.09. The van der Waals surface area contributed by atoms with Crippen LogP contribution in [0.1, 0.15) is 27.0 Å². The zero-order chi connectivity index (χ0) is 24.9. The van der Waals surface area contributed by atoms with Crippen molar-refractivity contribution in [3.8, 4) is 0 Å². The second-order valence-corrected chi connectivity index (χ2v) is 8.19. The molecule has 1 heterocycles. The quantitative estimate of drug-likeness (QED) is 0.168. The fourth-order valence-electron chi connectivity index (χ4n) is 4.03. The van der Waals surface area contributed by atoms with Crippen molar-refractivity contribution in [2.45, 2.75) is 0 Å². The van der Waals surface area contributed by atoms with Crippen molar-refractivity contribution in [2.75, 3.05) is 0 Å². The van der Waals surface area contributed by atoms with E-state index in [1.54, 1.807) is 6.07 Å². The summed E-state index contributed by atoms with van der Waals surface area (Å²) in [5, 5.41) is 11.4. The first-order valence-corrected chi connectivity index (χ1v) is 11.4. The van der Waals surface area contributed by atoms with Gasteiger partial charge in [0.25, 0.3) is 5.69 Å². The Morgan fingerprint density at radius 3 is 1.86 bits per heavy atom. The minimum atomic E-state index is -0.514. The van der Waals surface area contributed by atoms with E-state index in [4.69, 9.17) is 4.74 Å². The van der Waals surface area contributed by atoms with Crippen molar-refractivity contribution in [1.29, 1.82) is 0 Å². The van der Waals surface area contributed by atoms with Gasteiger partial charge in [-0.15, -0.1) is 0 Å². The van der Waals surface area contributed by atoms with Crippen LogP contribution in [0.4, 0.5) is 5.69 Å². The van der Waals surface area contributed by atoms with E-state index in [-0.39, 0.29) is 17.0 Å². The lowest BCUT2D eigenvalue weighted by atomic mass is 9.95. The van der Waals surface area contributed by atoms with Crippen molar-refractivity contribution in [3.63, 3.8) is 0 Å². The van der Waals surface area contributed by atoms with E-state index in [1.165, 1.54) is 18.2 Å². The molecular formula is C31H21NO4. The number of nitro groups is 1. The van der Waals surface area contributed by atoms with Crippen LogP contribution in [-0.4, -0.2) is 10.7 Å². The number of benzene rings is 4. The zero-order valence-corrected chi connectivity index (χ0v) is 19.2. The second-order valence-electron chi connectivity index (χ2n) is 8.19. The van der Waals surface area contributed by atoms with Crippen molar-refractivity contribution in [1.82, 2.24) is 0 Å². The van der Waals surface area contributed by atoms with Gasteiger partial charge in [-0.2, -0.15) is 0 Å². The molecule has 5 rings (SSSR count). The number of nitrogens with zero attached hydrogens (tertiary/aromatic N) is 1. The van der Waals surface area contributed by atoms with Gasteiger partial charge in [0.2, 0.25) is 5.78 Å². The summed E-state index contributed by atoms with van der Waals surface area (Å²) in [7, 11) is 0. The molecule has 0 aliphatic carbocycles. The molecule has 0 saturated heterocycles. The number of allylic oxidation sites excluding steroid dienone is 5. The van der Waals surface area contributed by atoms with Gasteiger partial charge in [0.1, 0.15) is 5.76 Å². The fraction of sp³-hybridized carbons (Fsp3) is 0. The number of non-ortho nitro benzene ring substituents is 1. The molecule has 5 heteroatoms. The number of carbonyl (C=O) groups is 1. The predicted molar refractivity (Wildman–Crippen MR) is 141 cm³/mol. The summed E-state index contributed by atoms with van der Waals surface area (Å²) in [4.78, 5) is 24.7. The van der Waals surface area contributed by atoms with Crippen LogP contribution < -0.4 is 0 Å². The number of rotatable bonds is 6. The Labute approximate surface area is 208 Å². The first-order valence-electron chi connectivity index (χ1n) is 11.4. The van der Waals surface area contributed by atoms with Crippen molar-refractivity contribution in [3.05, 3.63) is 166 Å². The van der Waals surface area contributed by atoms with Gasteiger partial charge >= 0.3 is 0 Å². The van der Waals surface area contributed by atoms with Gasteiger partial charge in [-0.25, -0.2) is 0 Å². The van der Waals surface area contributed by atoms with E-state index in [0.29, 0.717) is 11.3 Å². The third-order valence-corrected chi connectivity index (χ3v) is 5.82. The Morgan fingerprint density at radius 1 is 0.667 bits per heavy atom. The molecule has 4 aromatic carbocycles. The van der Waals surface area contributed by atoms with Crippen LogP contribution in [-0.2, 0) is 4.74 Å². The minimum Gasteiger partial charge on any atom is -0.452 e. The number of nitro benzene ring substituents is 1. The number of Topliss-reactive ketones (excluding diaryl/α,β-unsaturated/α-hetero) is 1. The molecule has 0 unspecified atom stereocenters. The molecule has 4 aromatic rings. The third-order valence-electron chi connectivity index (χ3n) is 5.82. The smallest absolute Gasteiger partial charge is 0.270 e. The number of hydrogen-bond acceptors (Lipinski definition) is 4. The van der Waals surface area contributed by atoms with Gasteiger partial charge in [-0.3, -0.25) is 14.9 Å². The summed E-state index contributed by atoms with van der Waals surface area (Å²) in [5.74, 6) is 0.165. The Balaban J connectivity index is 1.75. The molecule has 0 spiro atoms. The van der Waals surface area contributed by atoms with Crippen LogP contribution in [0.2, 0.25) is 0 Å². The van der Waals surface area contributed by atoms with Crippen molar-refractivity contribution < 1.29 is 14.5 Å². The fourth-order valence-corrected chi connectivity index (χ4v) is 4.03. The Hall–Kier alpha value is -5.03. The molecule has 0 amide bonds. The molecule has 0 aromatic heterocycles. The van der Waals surface area contributed by atoms with E-state index in [2.05, 4.69) is 0 Å². The topological polar surface area (TPSA) is 69.4 Å². The predicted octanol–water partition coefficient (Wildman–Crippen LogP) is 7.34. The average Bonchev–Trinajstić information content (AvgIpc) is 3.15. The van der Waals surface area contributed by atoms with Gasteiger partial charge < -0.3 is 4.74 Å². The SMILES string of the molecule is O=C(C1=C(c2ccccc2)C=C(c2ccccc2)C=C(c2ccccc2)O1)c1cccc([N+](=O)[O-])c1. The largest absolute Gasteiger partial charge is 0.452 e. The Bertz CT molecular complexity index is 1520. The van der Waals surface area contributed by atoms with Crippen LogP contribution in [0.5, 0.6) is 0 Å². The summed E-state index contributed by atoms with van der Waals surface area (Å²) in [5.41, 5.74) is 4.04. The summed E-state index contributed by atoms with van der Waals surface area (Å²) in [6.07, 6.45) is 3.85. The first-order chi connectivity index (χ1) is 17.6. The van der Waals surface area contributed by atoms with Crippen LogP contribution in [0, 0.1) is 10.1 Å². The van der Waals surface area contributed by atoms with Crippen molar-refractivity contribution in [2.24, 2.45) is 0 Å². The molecule has 0 bridgehead atoms. The van der Waals surface area contributed by atoms with E-state index in [1.807, 2.05) is 103 Å². The van der Waals surface area contributed by atoms with Gasteiger partial charge in [0.05, 0.1) is 4.92 Å². The monoisotopic (exact) mass is 471 g/mol. The van der Waals surface area contributed by atoms with E-state index in [0.717, 1.165) is 22.3 Å². The van der Waals surface area contributed by atoms with Crippen LogP contribution in [0.25, 0.3) is 16.9 Å². The summed E-state index contributed by atoms with van der Waals surface area (Å²) >= 11 is 0. The second kappa shape index (κ2) is 10.1. The normalized spacial score (nSPS) is 13.2. The minimum absolute atomic E-state index is 0.0998. The molecule has 0 fully saturated rings. The van der Waals surface area contributed by atoms with E-state index in [9.17, 15) is 14.9 Å². The molecule has 1 aliphatic rings. The summed E-state index contributed by atoms with van der Waals surface area (Å²) in [6.45, 7) is 0. The zero-order valence-electron chi connectivity index (χ0n) is 19.2. The highest BCUT2D eigenvalue weighted by Gasteiger charge is 2.25. The maximum Gasteiger partial charge on any atom is 0.270 e. The maximum absolute atomic E-state index is 13.9. The van der Waals surface area contributed by atoms with Gasteiger partial charge in [0, 0.05) is 28.8 Å². The molecular weight excluding hydrogens is 450 g/mol. The number of ketones is 1. The van der Waals surface area contributed by atoms with Gasteiger partial charge in [0.15, 0.2) is 5.76 Å². The molecule has 5 nitrogen and oxygen atoms in total. The molecule has 1 aliphatic heterocycles. The summed E-state index contributed by atoms with van der Waals surface area (Å²) in [6, 6.07) is 34.6. The van der Waals surface area contributed by atoms with E-state index < -0.39 is 10.7 Å². The number of hydrogen-bond donors (Lipinski definition) is 0. The highest BCUT2D eigenvalue weighted by molar-refractivity contribution is 6.15. The number of carbonyl (C=O) groups excluding carboxylic acids is 1. The van der Waals surface area contributed by atoms with Crippen LogP contribution in [0.3, 0.4) is 0 Å². The molecule has 0 N–H and O–H groups in total. The van der Waals surface area contributed by atoms with Crippen molar-refractivity contribution >= 4 is 28.4 Å². The Morgan fingerprint density at radius 2 is 1.25 bits per heavy atom. The van der Waals surface area contributed by atoms with Gasteiger partial charge in [-0.05, 0) is 28.9 Å². The highest BCUT2D eigenvalue weighted by Crippen LogP contribution is 2.36. The standard InChI is InChI=1S/C31H21NO4/c33-30(25-17-10-18-27(19-25)32(34)35)31-28(23-13-6-2-7-14-23)20-26(22-11-4-1-5-12-22)21-29(36-31)24-15-8-3-9-16-24/h1-21H. The van der Waals surface area contributed by atoms with Crippen LogP contribution >= 0.6 is 0 Å². The molecule has 174 valence electrons. The van der Waals surface area contributed by atoms with E-state index >= 15 is 0 Å².